The Hall–Kier alpha value is -1.01. The van der Waals surface area contributed by atoms with Crippen molar-refractivity contribution in [3.8, 4) is 0 Å². The van der Waals surface area contributed by atoms with Crippen LogP contribution in [0.4, 0.5) is 0 Å². The van der Waals surface area contributed by atoms with E-state index in [0.29, 0.717) is 12.2 Å². The number of sulfone groups is 1. The number of furan rings is 1. The van der Waals surface area contributed by atoms with Gasteiger partial charge in [-0.3, -0.25) is 4.79 Å². The number of halogens is 1. The molecule has 100 valence electrons. The Kier molecular flexibility index (Phi) is 3.68. The van der Waals surface area contributed by atoms with Crippen molar-refractivity contribution in [2.45, 2.75) is 25.3 Å². The maximum absolute atomic E-state index is 11.9. The van der Waals surface area contributed by atoms with Crippen LogP contribution in [-0.4, -0.2) is 31.9 Å². The van der Waals surface area contributed by atoms with Gasteiger partial charge in [0.05, 0.1) is 17.4 Å². The molecule has 0 spiro atoms. The Morgan fingerprint density at radius 2 is 2.33 bits per heavy atom. The van der Waals surface area contributed by atoms with E-state index in [1.807, 2.05) is 0 Å². The largest absolute Gasteiger partial charge is 0.456 e. The van der Waals surface area contributed by atoms with E-state index in [1.165, 1.54) is 0 Å². The van der Waals surface area contributed by atoms with Crippen molar-refractivity contribution < 1.29 is 17.6 Å². The van der Waals surface area contributed by atoms with Gasteiger partial charge < -0.3 is 9.73 Å². The molecular formula is C11H14ClNO4S. The summed E-state index contributed by atoms with van der Waals surface area (Å²) in [7, 11) is -3.00. The molecule has 0 aliphatic carbocycles. The van der Waals surface area contributed by atoms with Crippen LogP contribution in [0.25, 0.3) is 0 Å². The van der Waals surface area contributed by atoms with Gasteiger partial charge in [0.2, 0.25) is 0 Å². The zero-order valence-corrected chi connectivity index (χ0v) is 11.5. The second-order valence-corrected chi connectivity index (χ2v) is 6.90. The maximum atomic E-state index is 11.9. The van der Waals surface area contributed by atoms with Crippen LogP contribution >= 0.6 is 11.6 Å². The Bertz CT molecular complexity index is 564. The summed E-state index contributed by atoms with van der Waals surface area (Å²) in [6, 6.07) is 1.26. The number of amides is 1. The zero-order chi connectivity index (χ0) is 13.3. The van der Waals surface area contributed by atoms with E-state index >= 15 is 0 Å². The van der Waals surface area contributed by atoms with Crippen LogP contribution in [0, 0.1) is 6.92 Å². The molecule has 0 aromatic carbocycles. The smallest absolute Gasteiger partial charge is 0.287 e. The first-order valence-electron chi connectivity index (χ1n) is 5.58. The van der Waals surface area contributed by atoms with Gasteiger partial charge in [-0.25, -0.2) is 8.42 Å². The fourth-order valence-corrected chi connectivity index (χ4v) is 3.87. The van der Waals surface area contributed by atoms with Crippen molar-refractivity contribution in [2.75, 3.05) is 11.5 Å². The van der Waals surface area contributed by atoms with Gasteiger partial charge in [-0.15, -0.1) is 11.6 Å². The Balaban J connectivity index is 2.04. The lowest BCUT2D eigenvalue weighted by atomic mass is 10.2. The third-order valence-corrected chi connectivity index (χ3v) is 5.01. The van der Waals surface area contributed by atoms with Crippen molar-refractivity contribution in [3.05, 3.63) is 23.2 Å². The van der Waals surface area contributed by atoms with E-state index in [9.17, 15) is 13.2 Å². The van der Waals surface area contributed by atoms with E-state index in [4.69, 9.17) is 16.0 Å². The van der Waals surface area contributed by atoms with Gasteiger partial charge in [0.25, 0.3) is 5.91 Å². The minimum Gasteiger partial charge on any atom is -0.456 e. The van der Waals surface area contributed by atoms with Gasteiger partial charge in [-0.2, -0.15) is 0 Å². The van der Waals surface area contributed by atoms with E-state index < -0.39 is 15.7 Å². The van der Waals surface area contributed by atoms with Gasteiger partial charge in [-0.05, 0) is 19.4 Å². The van der Waals surface area contributed by atoms with Crippen LogP contribution in [0.1, 0.15) is 28.3 Å². The van der Waals surface area contributed by atoms with Crippen molar-refractivity contribution >= 4 is 27.3 Å². The van der Waals surface area contributed by atoms with Gasteiger partial charge in [0, 0.05) is 11.6 Å². The molecule has 5 nitrogen and oxygen atoms in total. The fraction of sp³-hybridized carbons (Fsp3) is 0.545. The van der Waals surface area contributed by atoms with Crippen LogP contribution in [0.3, 0.4) is 0 Å². The molecule has 0 saturated carbocycles. The number of hydrogen-bond donors (Lipinski definition) is 1. The Labute approximate surface area is 110 Å². The standard InChI is InChI=1S/C11H14ClNO4S/c1-7-8(5-12)4-10(17-7)11(14)13-9-2-3-18(15,16)6-9/h4,9H,2-3,5-6H2,1H3,(H,13,14). The molecule has 7 heteroatoms. The van der Waals surface area contributed by atoms with Crippen LogP contribution < -0.4 is 5.32 Å². The fourth-order valence-electron chi connectivity index (χ4n) is 1.93. The lowest BCUT2D eigenvalue weighted by molar-refractivity contribution is 0.0912. The highest BCUT2D eigenvalue weighted by Gasteiger charge is 2.29. The number of hydrogen-bond acceptors (Lipinski definition) is 4. The normalized spacial score (nSPS) is 22.0. The summed E-state index contributed by atoms with van der Waals surface area (Å²) in [5.41, 5.74) is 0.765. The number of alkyl halides is 1. The second-order valence-electron chi connectivity index (χ2n) is 4.40. The Morgan fingerprint density at radius 1 is 1.61 bits per heavy atom. The highest BCUT2D eigenvalue weighted by atomic mass is 35.5. The lowest BCUT2D eigenvalue weighted by Gasteiger charge is -2.08. The average Bonchev–Trinajstić information content (AvgIpc) is 2.81. The van der Waals surface area contributed by atoms with E-state index in [0.717, 1.165) is 5.56 Å². The number of carbonyl (C=O) groups excluding carboxylic acids is 1. The topological polar surface area (TPSA) is 76.4 Å². The first kappa shape index (κ1) is 13.4. The third kappa shape index (κ3) is 2.87. The molecule has 1 N–H and O–H groups in total. The summed E-state index contributed by atoms with van der Waals surface area (Å²) in [5, 5.41) is 2.66. The predicted octanol–water partition coefficient (Wildman–Crippen LogP) is 1.24. The summed E-state index contributed by atoms with van der Waals surface area (Å²) in [6.45, 7) is 1.73. The molecule has 2 heterocycles. The van der Waals surface area contributed by atoms with Gasteiger partial charge in [-0.1, -0.05) is 0 Å². The van der Waals surface area contributed by atoms with Crippen LogP contribution in [0.2, 0.25) is 0 Å². The number of carbonyl (C=O) groups is 1. The monoisotopic (exact) mass is 291 g/mol. The first-order valence-corrected chi connectivity index (χ1v) is 7.93. The van der Waals surface area contributed by atoms with Gasteiger partial charge in [0.1, 0.15) is 5.76 Å². The van der Waals surface area contributed by atoms with Gasteiger partial charge >= 0.3 is 0 Å². The molecule has 1 amide bonds. The highest BCUT2D eigenvalue weighted by molar-refractivity contribution is 7.91. The molecule has 1 aliphatic rings. The first-order chi connectivity index (χ1) is 8.41. The molecule has 1 aromatic heterocycles. The third-order valence-electron chi connectivity index (χ3n) is 2.96. The second kappa shape index (κ2) is 4.93. The number of nitrogens with one attached hydrogen (secondary N) is 1. The van der Waals surface area contributed by atoms with E-state index in [1.54, 1.807) is 13.0 Å². The van der Waals surface area contributed by atoms with Crippen LogP contribution in [-0.2, 0) is 15.7 Å². The van der Waals surface area contributed by atoms with Crippen molar-refractivity contribution in [2.24, 2.45) is 0 Å². The lowest BCUT2D eigenvalue weighted by Crippen LogP contribution is -2.35. The average molecular weight is 292 g/mol. The summed E-state index contributed by atoms with van der Waals surface area (Å²) in [5.74, 6) is 0.793. The molecular weight excluding hydrogens is 278 g/mol. The summed E-state index contributed by atoms with van der Waals surface area (Å²) in [4.78, 5) is 11.9. The van der Waals surface area contributed by atoms with Crippen molar-refractivity contribution in [3.63, 3.8) is 0 Å². The minimum atomic E-state index is -3.00. The quantitative estimate of drug-likeness (QED) is 0.850. The molecule has 1 fully saturated rings. The highest BCUT2D eigenvalue weighted by Crippen LogP contribution is 2.18. The maximum Gasteiger partial charge on any atom is 0.287 e. The minimum absolute atomic E-state index is 0.000788. The molecule has 1 aromatic rings. The van der Waals surface area contributed by atoms with E-state index in [-0.39, 0.29) is 29.2 Å². The summed E-state index contributed by atoms with van der Waals surface area (Å²) < 4.78 is 27.8. The SMILES string of the molecule is Cc1oc(C(=O)NC2CCS(=O)(=O)C2)cc1CCl. The predicted molar refractivity (Wildman–Crippen MR) is 67.5 cm³/mol. The van der Waals surface area contributed by atoms with Crippen molar-refractivity contribution in [1.29, 1.82) is 0 Å². The summed E-state index contributed by atoms with van der Waals surface area (Å²) >= 11 is 5.69. The number of aryl methyl sites for hydroxylation is 1. The van der Waals surface area contributed by atoms with Crippen LogP contribution in [0.15, 0.2) is 10.5 Å². The molecule has 1 unspecified atom stereocenters. The zero-order valence-electron chi connectivity index (χ0n) is 9.90. The molecule has 0 bridgehead atoms. The molecule has 2 rings (SSSR count). The molecule has 1 saturated heterocycles. The summed E-state index contributed by atoms with van der Waals surface area (Å²) in [6.07, 6.45) is 0.454. The Morgan fingerprint density at radius 3 is 2.83 bits per heavy atom. The number of rotatable bonds is 3. The molecule has 1 atom stereocenters. The van der Waals surface area contributed by atoms with Crippen LogP contribution in [0.5, 0.6) is 0 Å². The molecule has 0 radical (unpaired) electrons. The van der Waals surface area contributed by atoms with Gasteiger partial charge in [0.15, 0.2) is 15.6 Å². The van der Waals surface area contributed by atoms with E-state index in [2.05, 4.69) is 5.32 Å². The molecule has 1 aliphatic heterocycles. The van der Waals surface area contributed by atoms with Crippen molar-refractivity contribution in [1.82, 2.24) is 5.32 Å². The molecule has 18 heavy (non-hydrogen) atoms.